The van der Waals surface area contributed by atoms with Crippen LogP contribution in [0.1, 0.15) is 16.7 Å². The molecule has 0 saturated heterocycles. The molecule has 0 aliphatic rings. The maximum absolute atomic E-state index is 5.74. The van der Waals surface area contributed by atoms with Crippen molar-refractivity contribution in [2.45, 2.75) is 13.3 Å². The van der Waals surface area contributed by atoms with Gasteiger partial charge in [0.25, 0.3) is 0 Å². The van der Waals surface area contributed by atoms with Gasteiger partial charge in [-0.05, 0) is 59.7 Å². The number of fused-ring (bicyclic) bond motifs is 1. The molecule has 2 N–H and O–H groups in total. The lowest BCUT2D eigenvalue weighted by Gasteiger charge is -2.05. The van der Waals surface area contributed by atoms with Gasteiger partial charge in [-0.25, -0.2) is 9.97 Å². The Bertz CT molecular complexity index is 1090. The fourth-order valence-electron chi connectivity index (χ4n) is 3.03. The fraction of sp³-hybridized carbons (Fsp3) is 0.150. The number of nitrogen functional groups attached to an aromatic ring is 1. The third kappa shape index (κ3) is 3.11. The average Bonchev–Trinajstić information content (AvgIpc) is 2.98. The van der Waals surface area contributed by atoms with Crippen LogP contribution in [0.15, 0.2) is 48.9 Å². The van der Waals surface area contributed by atoms with Crippen LogP contribution in [0.5, 0.6) is 5.75 Å². The minimum absolute atomic E-state index is 0.297. The van der Waals surface area contributed by atoms with Crippen molar-refractivity contribution in [2.75, 3.05) is 12.8 Å². The second kappa shape index (κ2) is 6.72. The van der Waals surface area contributed by atoms with Crippen molar-refractivity contribution in [3.63, 3.8) is 0 Å². The maximum Gasteiger partial charge on any atom is 0.220 e. The largest absolute Gasteiger partial charge is 0.495 e. The number of thiophene rings is 1. The standard InChI is InChI=1S/C20H18N4OS/c1-12-16-9-13(7-14-8-15(25-2)11-22-10-14)3-4-18(16)26-19(12)17-5-6-23-20(21)24-17/h3-6,8-11H,7H2,1-2H3,(H2,21,23,24). The molecule has 130 valence electrons. The number of benzene rings is 1. The first-order valence-corrected chi connectivity index (χ1v) is 9.04. The zero-order chi connectivity index (χ0) is 18.1. The second-order valence-corrected chi connectivity index (χ2v) is 7.15. The van der Waals surface area contributed by atoms with Gasteiger partial charge in [0.1, 0.15) is 5.75 Å². The molecule has 0 amide bonds. The molecule has 0 unspecified atom stereocenters. The van der Waals surface area contributed by atoms with Crippen LogP contribution in [0.3, 0.4) is 0 Å². The molecule has 0 spiro atoms. The Morgan fingerprint density at radius 1 is 1.12 bits per heavy atom. The number of anilines is 1. The Balaban J connectivity index is 1.72. The molecule has 4 aromatic rings. The smallest absolute Gasteiger partial charge is 0.220 e. The van der Waals surface area contributed by atoms with Crippen molar-refractivity contribution in [2.24, 2.45) is 0 Å². The molecule has 4 rings (SSSR count). The Kier molecular flexibility index (Phi) is 4.26. The number of rotatable bonds is 4. The van der Waals surface area contributed by atoms with Crippen LogP contribution in [0, 0.1) is 6.92 Å². The van der Waals surface area contributed by atoms with E-state index in [4.69, 9.17) is 10.5 Å². The Hall–Kier alpha value is -2.99. The lowest BCUT2D eigenvalue weighted by atomic mass is 10.0. The van der Waals surface area contributed by atoms with Crippen molar-refractivity contribution in [1.82, 2.24) is 15.0 Å². The lowest BCUT2D eigenvalue weighted by Crippen LogP contribution is -1.94. The number of hydrogen-bond acceptors (Lipinski definition) is 6. The first-order valence-electron chi connectivity index (χ1n) is 8.23. The summed E-state index contributed by atoms with van der Waals surface area (Å²) in [5, 5.41) is 1.25. The van der Waals surface area contributed by atoms with E-state index in [-0.39, 0.29) is 0 Å². The molecule has 0 radical (unpaired) electrons. The van der Waals surface area contributed by atoms with Crippen LogP contribution in [0.25, 0.3) is 20.7 Å². The Morgan fingerprint density at radius 3 is 2.81 bits per heavy atom. The van der Waals surface area contributed by atoms with E-state index in [2.05, 4.69) is 40.1 Å². The van der Waals surface area contributed by atoms with Gasteiger partial charge in [-0.1, -0.05) is 6.07 Å². The number of hydrogen-bond donors (Lipinski definition) is 1. The quantitative estimate of drug-likeness (QED) is 0.588. The van der Waals surface area contributed by atoms with Gasteiger partial charge >= 0.3 is 0 Å². The van der Waals surface area contributed by atoms with Gasteiger partial charge in [-0.2, -0.15) is 0 Å². The number of methoxy groups -OCH3 is 1. The summed E-state index contributed by atoms with van der Waals surface area (Å²) in [6, 6.07) is 10.5. The van der Waals surface area contributed by atoms with Gasteiger partial charge in [-0.15, -0.1) is 11.3 Å². The minimum atomic E-state index is 0.297. The molecule has 3 heterocycles. The summed E-state index contributed by atoms with van der Waals surface area (Å²) in [4.78, 5) is 13.7. The number of ether oxygens (including phenoxy) is 1. The fourth-order valence-corrected chi connectivity index (χ4v) is 4.19. The highest BCUT2D eigenvalue weighted by atomic mass is 32.1. The molecule has 26 heavy (non-hydrogen) atoms. The van der Waals surface area contributed by atoms with Gasteiger partial charge in [-0.3, -0.25) is 4.98 Å². The third-order valence-corrected chi connectivity index (χ3v) is 5.62. The molecule has 0 bridgehead atoms. The van der Waals surface area contributed by atoms with Crippen molar-refractivity contribution in [1.29, 1.82) is 0 Å². The predicted molar refractivity (Wildman–Crippen MR) is 106 cm³/mol. The summed E-state index contributed by atoms with van der Waals surface area (Å²) in [6.45, 7) is 2.13. The van der Waals surface area contributed by atoms with Gasteiger partial charge in [0.2, 0.25) is 5.95 Å². The van der Waals surface area contributed by atoms with Crippen LogP contribution in [0.2, 0.25) is 0 Å². The van der Waals surface area contributed by atoms with Gasteiger partial charge in [0.15, 0.2) is 0 Å². The van der Waals surface area contributed by atoms with Crippen molar-refractivity contribution < 1.29 is 4.74 Å². The molecule has 1 aromatic carbocycles. The van der Waals surface area contributed by atoms with Gasteiger partial charge < -0.3 is 10.5 Å². The molecule has 5 nitrogen and oxygen atoms in total. The third-order valence-electron chi connectivity index (χ3n) is 4.32. The molecule has 0 aliphatic carbocycles. The predicted octanol–water partition coefficient (Wildman–Crippen LogP) is 4.24. The van der Waals surface area contributed by atoms with Gasteiger partial charge in [0, 0.05) is 17.1 Å². The first-order chi connectivity index (χ1) is 12.6. The van der Waals surface area contributed by atoms with Crippen LogP contribution >= 0.6 is 11.3 Å². The van der Waals surface area contributed by atoms with Gasteiger partial charge in [0.05, 0.1) is 23.9 Å². The van der Waals surface area contributed by atoms with Crippen LogP contribution < -0.4 is 10.5 Å². The number of aromatic nitrogens is 3. The lowest BCUT2D eigenvalue weighted by molar-refractivity contribution is 0.412. The van der Waals surface area contributed by atoms with Crippen LogP contribution in [-0.2, 0) is 6.42 Å². The van der Waals surface area contributed by atoms with E-state index in [0.29, 0.717) is 5.95 Å². The molecular weight excluding hydrogens is 344 g/mol. The van der Waals surface area contributed by atoms with Crippen LogP contribution in [-0.4, -0.2) is 22.1 Å². The summed E-state index contributed by atoms with van der Waals surface area (Å²) in [6.07, 6.45) is 6.10. The molecule has 0 saturated carbocycles. The van der Waals surface area contributed by atoms with Crippen LogP contribution in [0.4, 0.5) is 5.95 Å². The summed E-state index contributed by atoms with van der Waals surface area (Å²) >= 11 is 1.73. The Morgan fingerprint density at radius 2 is 2.00 bits per heavy atom. The number of aryl methyl sites for hydroxylation is 1. The average molecular weight is 362 g/mol. The van der Waals surface area contributed by atoms with E-state index < -0.39 is 0 Å². The summed E-state index contributed by atoms with van der Waals surface area (Å²) in [5.41, 5.74) is 10.2. The summed E-state index contributed by atoms with van der Waals surface area (Å²) < 4.78 is 6.50. The van der Waals surface area contributed by atoms with Crippen molar-refractivity contribution in [3.8, 4) is 16.3 Å². The SMILES string of the molecule is COc1cncc(Cc2ccc3sc(-c4ccnc(N)n4)c(C)c3c2)c1. The molecular formula is C20H18N4OS. The van der Waals surface area contributed by atoms with E-state index in [9.17, 15) is 0 Å². The molecule has 0 atom stereocenters. The number of pyridine rings is 1. The molecule has 3 aromatic heterocycles. The van der Waals surface area contributed by atoms with E-state index in [1.54, 1.807) is 30.8 Å². The normalized spacial score (nSPS) is 11.0. The summed E-state index contributed by atoms with van der Waals surface area (Å²) in [5.74, 6) is 1.07. The van der Waals surface area contributed by atoms with E-state index in [1.807, 2.05) is 18.3 Å². The monoisotopic (exact) mass is 362 g/mol. The van der Waals surface area contributed by atoms with E-state index in [0.717, 1.165) is 28.3 Å². The number of nitrogens with zero attached hydrogens (tertiary/aromatic N) is 3. The Labute approximate surface area is 155 Å². The maximum atomic E-state index is 5.74. The number of nitrogens with two attached hydrogens (primary N) is 1. The van der Waals surface area contributed by atoms with Crippen molar-refractivity contribution >= 4 is 27.4 Å². The molecule has 6 heteroatoms. The molecule has 0 aliphatic heterocycles. The second-order valence-electron chi connectivity index (χ2n) is 6.10. The van der Waals surface area contributed by atoms with Crippen molar-refractivity contribution in [3.05, 3.63) is 65.6 Å². The highest BCUT2D eigenvalue weighted by molar-refractivity contribution is 7.22. The first kappa shape index (κ1) is 16.5. The van der Waals surface area contributed by atoms with E-state index >= 15 is 0 Å². The zero-order valence-corrected chi connectivity index (χ0v) is 15.4. The van der Waals surface area contributed by atoms with E-state index in [1.165, 1.54) is 21.2 Å². The highest BCUT2D eigenvalue weighted by Crippen LogP contribution is 2.38. The zero-order valence-electron chi connectivity index (χ0n) is 14.6. The molecule has 0 fully saturated rings. The highest BCUT2D eigenvalue weighted by Gasteiger charge is 2.13. The topological polar surface area (TPSA) is 73.9 Å². The summed E-state index contributed by atoms with van der Waals surface area (Å²) in [7, 11) is 1.66. The minimum Gasteiger partial charge on any atom is -0.495 e.